The average molecular weight is 260 g/mol. The number of hydrogen-bond acceptors (Lipinski definition) is 3. The number of nitrogens with zero attached hydrogens (tertiary/aromatic N) is 1. The van der Waals surface area contributed by atoms with Crippen molar-refractivity contribution in [3.8, 4) is 17.0 Å². The topological polar surface area (TPSA) is 37.9 Å². The molecule has 1 aromatic carbocycles. The molecule has 4 heteroatoms. The summed E-state index contributed by atoms with van der Waals surface area (Å²) < 4.78 is 5.95. The van der Waals surface area contributed by atoms with Gasteiger partial charge in [0.1, 0.15) is 5.75 Å². The van der Waals surface area contributed by atoms with Gasteiger partial charge in [-0.3, -0.25) is 0 Å². The van der Waals surface area contributed by atoms with Crippen molar-refractivity contribution in [1.29, 1.82) is 0 Å². The molecule has 0 atom stereocenters. The second kappa shape index (κ2) is 4.90. The molecular weight excluding hydrogens is 244 g/mol. The normalized spacial score (nSPS) is 10.4. The Hall–Kier alpha value is -1.68. The van der Waals surface area contributed by atoms with E-state index in [9.17, 15) is 0 Å². The Balaban J connectivity index is 2.73. The van der Waals surface area contributed by atoms with Gasteiger partial charge < -0.3 is 9.72 Å². The lowest BCUT2D eigenvalue weighted by Gasteiger charge is -2.12. The average Bonchev–Trinajstić information content (AvgIpc) is 2.26. The molecule has 94 valence electrons. The van der Waals surface area contributed by atoms with Crippen LogP contribution in [0.3, 0.4) is 0 Å². The number of aryl methyl sites for hydroxylation is 3. The zero-order valence-electron chi connectivity index (χ0n) is 11.0. The van der Waals surface area contributed by atoms with Crippen LogP contribution in [-0.4, -0.2) is 17.1 Å². The third-order valence-corrected chi connectivity index (χ3v) is 2.99. The highest BCUT2D eigenvalue weighted by Crippen LogP contribution is 2.33. The number of methoxy groups -OCH3 is 1. The van der Waals surface area contributed by atoms with E-state index < -0.39 is 0 Å². The van der Waals surface area contributed by atoms with Gasteiger partial charge in [-0.05, 0) is 56.2 Å². The first-order valence-corrected chi connectivity index (χ1v) is 6.15. The molecule has 0 unspecified atom stereocenters. The van der Waals surface area contributed by atoms with Gasteiger partial charge >= 0.3 is 0 Å². The zero-order chi connectivity index (χ0) is 13.3. The van der Waals surface area contributed by atoms with Gasteiger partial charge in [0.25, 0.3) is 0 Å². The van der Waals surface area contributed by atoms with Crippen molar-refractivity contribution < 1.29 is 4.74 Å². The number of ether oxygens (including phenoxy) is 1. The predicted octanol–water partition coefficient (Wildman–Crippen LogP) is 3.74. The lowest BCUT2D eigenvalue weighted by Crippen LogP contribution is -1.96. The summed E-state index contributed by atoms with van der Waals surface area (Å²) in [6.45, 7) is 6.08. The SMILES string of the molecule is COc1cc(C)cc(C)c1-c1cc(C)[nH]c(=S)n1. The van der Waals surface area contributed by atoms with Crippen molar-refractivity contribution in [1.82, 2.24) is 9.97 Å². The van der Waals surface area contributed by atoms with E-state index in [1.165, 1.54) is 5.56 Å². The van der Waals surface area contributed by atoms with Crippen LogP contribution in [0.2, 0.25) is 0 Å². The predicted molar refractivity (Wildman–Crippen MR) is 75.6 cm³/mol. The van der Waals surface area contributed by atoms with E-state index in [0.717, 1.165) is 28.3 Å². The summed E-state index contributed by atoms with van der Waals surface area (Å²) in [7, 11) is 1.67. The number of rotatable bonds is 2. The Labute approximate surface area is 112 Å². The molecule has 1 N–H and O–H groups in total. The van der Waals surface area contributed by atoms with Crippen molar-refractivity contribution in [2.24, 2.45) is 0 Å². The van der Waals surface area contributed by atoms with Crippen LogP contribution in [0.15, 0.2) is 18.2 Å². The molecule has 0 aliphatic carbocycles. The molecule has 0 spiro atoms. The van der Waals surface area contributed by atoms with Gasteiger partial charge in [-0.15, -0.1) is 0 Å². The summed E-state index contributed by atoms with van der Waals surface area (Å²) in [6, 6.07) is 6.11. The van der Waals surface area contributed by atoms with Gasteiger partial charge in [-0.25, -0.2) is 4.98 Å². The van der Waals surface area contributed by atoms with Crippen LogP contribution in [0.1, 0.15) is 16.8 Å². The van der Waals surface area contributed by atoms with Gasteiger partial charge in [-0.1, -0.05) is 6.07 Å². The highest BCUT2D eigenvalue weighted by molar-refractivity contribution is 7.71. The smallest absolute Gasteiger partial charge is 0.197 e. The van der Waals surface area contributed by atoms with E-state index in [1.807, 2.05) is 19.1 Å². The minimum absolute atomic E-state index is 0.493. The third-order valence-electron chi connectivity index (χ3n) is 2.80. The maximum atomic E-state index is 5.46. The van der Waals surface area contributed by atoms with Gasteiger partial charge in [-0.2, -0.15) is 0 Å². The minimum Gasteiger partial charge on any atom is -0.496 e. The second-order valence-corrected chi connectivity index (χ2v) is 4.80. The number of H-pyrrole nitrogens is 1. The summed E-state index contributed by atoms with van der Waals surface area (Å²) in [4.78, 5) is 7.39. The molecule has 18 heavy (non-hydrogen) atoms. The molecule has 0 amide bonds. The fourth-order valence-electron chi connectivity index (χ4n) is 2.13. The van der Waals surface area contributed by atoms with E-state index in [-0.39, 0.29) is 0 Å². The lowest BCUT2D eigenvalue weighted by molar-refractivity contribution is 0.415. The summed E-state index contributed by atoms with van der Waals surface area (Å²) in [5, 5.41) is 0. The van der Waals surface area contributed by atoms with Crippen LogP contribution >= 0.6 is 12.2 Å². The quantitative estimate of drug-likeness (QED) is 0.836. The fraction of sp³-hybridized carbons (Fsp3) is 0.286. The number of aromatic nitrogens is 2. The number of nitrogens with one attached hydrogen (secondary N) is 1. The Bertz CT molecular complexity index is 647. The summed E-state index contributed by atoms with van der Waals surface area (Å²) in [5.41, 5.74) is 5.16. The molecule has 0 bridgehead atoms. The van der Waals surface area contributed by atoms with E-state index in [2.05, 4.69) is 29.9 Å². The monoisotopic (exact) mass is 260 g/mol. The van der Waals surface area contributed by atoms with Gasteiger partial charge in [0, 0.05) is 11.3 Å². The van der Waals surface area contributed by atoms with Crippen molar-refractivity contribution in [3.05, 3.63) is 39.8 Å². The maximum absolute atomic E-state index is 5.46. The van der Waals surface area contributed by atoms with Crippen LogP contribution in [-0.2, 0) is 0 Å². The third kappa shape index (κ3) is 2.43. The number of hydrogen-bond donors (Lipinski definition) is 1. The van der Waals surface area contributed by atoms with Crippen LogP contribution in [0.4, 0.5) is 0 Å². The zero-order valence-corrected chi connectivity index (χ0v) is 11.8. The van der Waals surface area contributed by atoms with Crippen LogP contribution in [0.25, 0.3) is 11.3 Å². The summed E-state index contributed by atoms with van der Waals surface area (Å²) >= 11 is 5.13. The van der Waals surface area contributed by atoms with Crippen molar-refractivity contribution in [2.45, 2.75) is 20.8 Å². The molecule has 2 aromatic rings. The van der Waals surface area contributed by atoms with E-state index in [4.69, 9.17) is 17.0 Å². The number of benzene rings is 1. The minimum atomic E-state index is 0.493. The molecule has 1 aromatic heterocycles. The van der Waals surface area contributed by atoms with Crippen molar-refractivity contribution >= 4 is 12.2 Å². The van der Waals surface area contributed by atoms with Gasteiger partial charge in [0.2, 0.25) is 0 Å². The van der Waals surface area contributed by atoms with E-state index >= 15 is 0 Å². The molecular formula is C14H16N2OS. The first kappa shape index (κ1) is 12.8. The first-order valence-electron chi connectivity index (χ1n) is 5.75. The molecule has 0 saturated carbocycles. The Kier molecular flexibility index (Phi) is 3.48. The Morgan fingerprint density at radius 2 is 1.89 bits per heavy atom. The van der Waals surface area contributed by atoms with Crippen molar-refractivity contribution in [3.63, 3.8) is 0 Å². The molecule has 3 nitrogen and oxygen atoms in total. The molecule has 0 aliphatic rings. The van der Waals surface area contributed by atoms with Gasteiger partial charge in [0.15, 0.2) is 4.77 Å². The largest absolute Gasteiger partial charge is 0.496 e. The molecule has 1 heterocycles. The van der Waals surface area contributed by atoms with E-state index in [1.54, 1.807) is 7.11 Å². The maximum Gasteiger partial charge on any atom is 0.197 e. The number of aromatic amines is 1. The highest BCUT2D eigenvalue weighted by Gasteiger charge is 2.12. The summed E-state index contributed by atoms with van der Waals surface area (Å²) in [5.74, 6) is 0.833. The standard InChI is InChI=1S/C14H16N2OS/c1-8-5-9(2)13(12(6-8)17-4)11-7-10(3)15-14(18)16-11/h5-7H,1-4H3,(H,15,16,18). The molecule has 0 saturated heterocycles. The van der Waals surface area contributed by atoms with Crippen LogP contribution in [0, 0.1) is 25.5 Å². The van der Waals surface area contributed by atoms with Gasteiger partial charge in [0.05, 0.1) is 12.8 Å². The first-order chi connectivity index (χ1) is 8.51. The molecule has 0 fully saturated rings. The second-order valence-electron chi connectivity index (χ2n) is 4.41. The molecule has 0 aliphatic heterocycles. The van der Waals surface area contributed by atoms with Crippen molar-refractivity contribution in [2.75, 3.05) is 7.11 Å². The fourth-order valence-corrected chi connectivity index (χ4v) is 2.38. The lowest BCUT2D eigenvalue weighted by atomic mass is 10.0. The van der Waals surface area contributed by atoms with Crippen LogP contribution < -0.4 is 4.74 Å². The molecule has 0 radical (unpaired) electrons. The Morgan fingerprint density at radius 3 is 2.50 bits per heavy atom. The van der Waals surface area contributed by atoms with E-state index in [0.29, 0.717) is 4.77 Å². The summed E-state index contributed by atoms with van der Waals surface area (Å²) in [6.07, 6.45) is 0. The highest BCUT2D eigenvalue weighted by atomic mass is 32.1. The molecule has 2 rings (SSSR count). The van der Waals surface area contributed by atoms with Crippen LogP contribution in [0.5, 0.6) is 5.75 Å². The Morgan fingerprint density at radius 1 is 1.17 bits per heavy atom.